The molecular weight excluding hydrogens is 256 g/mol. The van der Waals surface area contributed by atoms with Crippen molar-refractivity contribution in [2.45, 2.75) is 33.6 Å². The minimum absolute atomic E-state index is 0.0662. The Balaban J connectivity index is 2.65. The minimum Gasteiger partial charge on any atom is -0.491 e. The summed E-state index contributed by atoms with van der Waals surface area (Å²) in [6.45, 7) is 6.20. The Kier molecular flexibility index (Phi) is 5.55. The van der Waals surface area contributed by atoms with E-state index in [0.717, 1.165) is 0 Å². The molecule has 5 heteroatoms. The van der Waals surface area contributed by atoms with Crippen LogP contribution in [0.2, 0.25) is 0 Å². The number of nitrogens with one attached hydrogen (secondary N) is 1. The number of hydrogen-bond acceptors (Lipinski definition) is 3. The van der Waals surface area contributed by atoms with Crippen LogP contribution in [0.25, 0.3) is 0 Å². The van der Waals surface area contributed by atoms with Gasteiger partial charge in [0.2, 0.25) is 11.8 Å². The molecule has 0 aliphatic carbocycles. The predicted molar refractivity (Wildman–Crippen MR) is 78.5 cm³/mol. The van der Waals surface area contributed by atoms with E-state index in [4.69, 9.17) is 10.5 Å². The van der Waals surface area contributed by atoms with E-state index in [1.165, 1.54) is 0 Å². The zero-order chi connectivity index (χ0) is 15.2. The molecule has 0 spiro atoms. The number of carbonyl (C=O) groups is 2. The first-order chi connectivity index (χ1) is 9.28. The van der Waals surface area contributed by atoms with E-state index in [2.05, 4.69) is 5.32 Å². The number of hydrogen-bond donors (Lipinski definition) is 2. The van der Waals surface area contributed by atoms with E-state index in [1.54, 1.807) is 18.2 Å². The molecule has 1 rings (SSSR count). The Hall–Kier alpha value is -2.04. The van der Waals surface area contributed by atoms with Crippen molar-refractivity contribution in [2.24, 2.45) is 11.1 Å². The van der Waals surface area contributed by atoms with Crippen molar-refractivity contribution in [1.82, 2.24) is 0 Å². The first kappa shape index (κ1) is 16.0. The van der Waals surface area contributed by atoms with Crippen molar-refractivity contribution in [3.63, 3.8) is 0 Å². The number of amides is 2. The highest BCUT2D eigenvalue weighted by atomic mass is 16.5. The van der Waals surface area contributed by atoms with Gasteiger partial charge in [-0.05, 0) is 17.5 Å². The molecular formula is C15H22N2O3. The number of ether oxygens (including phenoxy) is 1. The highest BCUT2D eigenvalue weighted by Crippen LogP contribution is 2.26. The summed E-state index contributed by atoms with van der Waals surface area (Å²) in [5.41, 5.74) is 5.58. The van der Waals surface area contributed by atoms with Gasteiger partial charge < -0.3 is 15.8 Å². The standard InChI is InChI=1S/C15H22N2O3/c1-15(2,3)10-14(19)17-11-6-4-5-7-12(11)20-9-8-13(16)18/h4-7H,8-10H2,1-3H3,(H2,16,18)(H,17,19). The zero-order valence-corrected chi connectivity index (χ0v) is 12.2. The van der Waals surface area contributed by atoms with Gasteiger partial charge in [-0.15, -0.1) is 0 Å². The predicted octanol–water partition coefficient (Wildman–Crippen LogP) is 2.32. The Morgan fingerprint density at radius 1 is 1.25 bits per heavy atom. The van der Waals surface area contributed by atoms with Gasteiger partial charge in [-0.1, -0.05) is 32.9 Å². The van der Waals surface area contributed by atoms with Crippen LogP contribution >= 0.6 is 0 Å². The fourth-order valence-corrected chi connectivity index (χ4v) is 1.63. The monoisotopic (exact) mass is 278 g/mol. The van der Waals surface area contributed by atoms with Gasteiger partial charge in [-0.2, -0.15) is 0 Å². The molecule has 0 aromatic heterocycles. The topological polar surface area (TPSA) is 81.4 Å². The van der Waals surface area contributed by atoms with Gasteiger partial charge in [0.1, 0.15) is 5.75 Å². The maximum absolute atomic E-state index is 11.9. The molecule has 0 bridgehead atoms. The van der Waals surface area contributed by atoms with Crippen LogP contribution < -0.4 is 15.8 Å². The number of para-hydroxylation sites is 2. The van der Waals surface area contributed by atoms with Crippen molar-refractivity contribution < 1.29 is 14.3 Å². The van der Waals surface area contributed by atoms with E-state index >= 15 is 0 Å². The lowest BCUT2D eigenvalue weighted by Crippen LogP contribution is -2.20. The maximum Gasteiger partial charge on any atom is 0.224 e. The maximum atomic E-state index is 11.9. The normalized spacial score (nSPS) is 10.9. The molecule has 0 aliphatic rings. The molecule has 5 nitrogen and oxygen atoms in total. The van der Waals surface area contributed by atoms with E-state index < -0.39 is 5.91 Å². The number of carbonyl (C=O) groups excluding carboxylic acids is 2. The van der Waals surface area contributed by atoms with E-state index in [1.807, 2.05) is 26.8 Å². The quantitative estimate of drug-likeness (QED) is 0.837. The molecule has 1 aromatic rings. The number of nitrogens with two attached hydrogens (primary N) is 1. The lowest BCUT2D eigenvalue weighted by atomic mass is 9.92. The van der Waals surface area contributed by atoms with Crippen molar-refractivity contribution in [3.05, 3.63) is 24.3 Å². The van der Waals surface area contributed by atoms with Crippen LogP contribution in [0.4, 0.5) is 5.69 Å². The summed E-state index contributed by atoms with van der Waals surface area (Å²) >= 11 is 0. The summed E-state index contributed by atoms with van der Waals surface area (Å²) in [6.07, 6.45) is 0.562. The van der Waals surface area contributed by atoms with Crippen LogP contribution in [0.5, 0.6) is 5.75 Å². The summed E-state index contributed by atoms with van der Waals surface area (Å²) in [5, 5.41) is 2.83. The highest BCUT2D eigenvalue weighted by Gasteiger charge is 2.17. The second kappa shape index (κ2) is 6.93. The van der Waals surface area contributed by atoms with E-state index in [9.17, 15) is 9.59 Å². The molecule has 0 saturated heterocycles. The number of rotatable bonds is 6. The second-order valence-corrected chi connectivity index (χ2v) is 5.85. The summed E-state index contributed by atoms with van der Waals surface area (Å²) in [7, 11) is 0. The van der Waals surface area contributed by atoms with Crippen molar-refractivity contribution in [1.29, 1.82) is 0 Å². The highest BCUT2D eigenvalue weighted by molar-refractivity contribution is 5.92. The van der Waals surface area contributed by atoms with Crippen LogP contribution in [0.15, 0.2) is 24.3 Å². The van der Waals surface area contributed by atoms with Gasteiger partial charge >= 0.3 is 0 Å². The third-order valence-electron chi connectivity index (χ3n) is 2.46. The summed E-state index contributed by atoms with van der Waals surface area (Å²) in [4.78, 5) is 22.6. The van der Waals surface area contributed by atoms with Crippen LogP contribution in [0.1, 0.15) is 33.6 Å². The lowest BCUT2D eigenvalue weighted by molar-refractivity contribution is -0.119. The van der Waals surface area contributed by atoms with Crippen molar-refractivity contribution >= 4 is 17.5 Å². The van der Waals surface area contributed by atoms with Gasteiger partial charge in [0, 0.05) is 6.42 Å². The van der Waals surface area contributed by atoms with Crippen LogP contribution in [0, 0.1) is 5.41 Å². The minimum atomic E-state index is -0.417. The number of anilines is 1. The van der Waals surface area contributed by atoms with Crippen molar-refractivity contribution in [3.8, 4) is 5.75 Å². The SMILES string of the molecule is CC(C)(C)CC(=O)Nc1ccccc1OCCC(N)=O. The van der Waals surface area contributed by atoms with Crippen LogP contribution in [-0.4, -0.2) is 18.4 Å². The first-order valence-electron chi connectivity index (χ1n) is 6.58. The van der Waals surface area contributed by atoms with Crippen LogP contribution in [0.3, 0.4) is 0 Å². The molecule has 110 valence electrons. The summed E-state index contributed by atoms with van der Waals surface area (Å²) in [5.74, 6) is 0.0544. The molecule has 0 saturated carbocycles. The molecule has 20 heavy (non-hydrogen) atoms. The average Bonchev–Trinajstić information content (AvgIpc) is 2.28. The fraction of sp³-hybridized carbons (Fsp3) is 0.467. The lowest BCUT2D eigenvalue weighted by Gasteiger charge is -2.18. The van der Waals surface area contributed by atoms with Gasteiger partial charge in [0.05, 0.1) is 18.7 Å². The molecule has 0 radical (unpaired) electrons. The Bertz CT molecular complexity index is 478. The van der Waals surface area contributed by atoms with Gasteiger partial charge in [0.25, 0.3) is 0 Å². The summed E-state index contributed by atoms with van der Waals surface area (Å²) in [6, 6.07) is 7.13. The molecule has 1 aromatic carbocycles. The smallest absolute Gasteiger partial charge is 0.224 e. The zero-order valence-electron chi connectivity index (χ0n) is 12.2. The molecule has 0 fully saturated rings. The molecule has 2 amide bonds. The third kappa shape index (κ3) is 6.22. The van der Waals surface area contributed by atoms with Crippen LogP contribution in [-0.2, 0) is 9.59 Å². The molecule has 0 unspecified atom stereocenters. The molecule has 0 atom stereocenters. The molecule has 0 aliphatic heterocycles. The fourth-order valence-electron chi connectivity index (χ4n) is 1.63. The second-order valence-electron chi connectivity index (χ2n) is 5.85. The average molecular weight is 278 g/mol. The molecule has 3 N–H and O–H groups in total. The van der Waals surface area contributed by atoms with Gasteiger partial charge in [-0.3, -0.25) is 9.59 Å². The van der Waals surface area contributed by atoms with E-state index in [-0.39, 0.29) is 24.3 Å². The van der Waals surface area contributed by atoms with Gasteiger partial charge in [-0.25, -0.2) is 0 Å². The number of primary amides is 1. The molecule has 0 heterocycles. The summed E-state index contributed by atoms with van der Waals surface area (Å²) < 4.78 is 5.46. The Morgan fingerprint density at radius 3 is 2.50 bits per heavy atom. The van der Waals surface area contributed by atoms with E-state index in [0.29, 0.717) is 17.9 Å². The largest absolute Gasteiger partial charge is 0.491 e. The van der Waals surface area contributed by atoms with Crippen molar-refractivity contribution in [2.75, 3.05) is 11.9 Å². The van der Waals surface area contributed by atoms with Gasteiger partial charge in [0.15, 0.2) is 0 Å². The third-order valence-corrected chi connectivity index (χ3v) is 2.46. The Labute approximate surface area is 119 Å². The first-order valence-corrected chi connectivity index (χ1v) is 6.58. The Morgan fingerprint density at radius 2 is 1.90 bits per heavy atom. The number of benzene rings is 1.